The SMILES string of the molecule is O=C(NCC1CCCO1)c1nc(C(=O)N2CCOCC2)c2ccccn12. The minimum absolute atomic E-state index is 0.0552. The lowest BCUT2D eigenvalue weighted by atomic mass is 10.2. The molecule has 2 saturated heterocycles. The van der Waals surface area contributed by atoms with Crippen molar-refractivity contribution in [3.05, 3.63) is 35.9 Å². The normalized spacial score (nSPS) is 20.5. The van der Waals surface area contributed by atoms with Crippen LogP contribution in [-0.4, -0.2) is 71.7 Å². The largest absolute Gasteiger partial charge is 0.378 e. The lowest BCUT2D eigenvalue weighted by Crippen LogP contribution is -2.41. The Balaban J connectivity index is 1.58. The molecule has 0 bridgehead atoms. The number of hydrogen-bond acceptors (Lipinski definition) is 5. The molecule has 0 aromatic carbocycles. The molecule has 0 spiro atoms. The van der Waals surface area contributed by atoms with Crippen LogP contribution in [0.3, 0.4) is 0 Å². The highest BCUT2D eigenvalue weighted by atomic mass is 16.5. The third-order valence-corrected chi connectivity index (χ3v) is 4.77. The molecule has 138 valence electrons. The number of amides is 2. The van der Waals surface area contributed by atoms with E-state index in [4.69, 9.17) is 9.47 Å². The highest BCUT2D eigenvalue weighted by molar-refractivity contribution is 6.02. The van der Waals surface area contributed by atoms with Gasteiger partial charge in [0.15, 0.2) is 5.69 Å². The number of morpholine rings is 1. The highest BCUT2D eigenvalue weighted by Gasteiger charge is 2.26. The standard InChI is InChI=1S/C18H22N4O4/c23-17(19-12-13-4-3-9-26-13)16-20-15(14-5-1-2-6-22(14)16)18(24)21-7-10-25-11-8-21/h1-2,5-6,13H,3-4,7-12H2,(H,19,23). The van der Waals surface area contributed by atoms with Gasteiger partial charge in [0.05, 0.1) is 24.8 Å². The summed E-state index contributed by atoms with van der Waals surface area (Å²) in [6.07, 6.45) is 3.77. The maximum absolute atomic E-state index is 12.9. The van der Waals surface area contributed by atoms with Crippen molar-refractivity contribution in [2.24, 2.45) is 0 Å². The van der Waals surface area contributed by atoms with Crippen LogP contribution in [-0.2, 0) is 9.47 Å². The summed E-state index contributed by atoms with van der Waals surface area (Å²) >= 11 is 0. The van der Waals surface area contributed by atoms with Gasteiger partial charge in [0.25, 0.3) is 11.8 Å². The summed E-state index contributed by atoms with van der Waals surface area (Å²) in [6.45, 7) is 3.30. The summed E-state index contributed by atoms with van der Waals surface area (Å²) in [6, 6.07) is 5.45. The van der Waals surface area contributed by atoms with Crippen molar-refractivity contribution in [1.29, 1.82) is 0 Å². The number of hydrogen-bond donors (Lipinski definition) is 1. The van der Waals surface area contributed by atoms with Crippen molar-refractivity contribution in [1.82, 2.24) is 19.6 Å². The average Bonchev–Trinajstić information content (AvgIpc) is 3.34. The topological polar surface area (TPSA) is 85.2 Å². The molecule has 2 aliphatic heterocycles. The predicted octanol–water partition coefficient (Wildman–Crippen LogP) is 0.716. The third kappa shape index (κ3) is 3.30. The molecule has 0 radical (unpaired) electrons. The Hall–Kier alpha value is -2.45. The first-order valence-corrected chi connectivity index (χ1v) is 8.98. The molecule has 2 aromatic heterocycles. The van der Waals surface area contributed by atoms with E-state index in [1.807, 2.05) is 12.1 Å². The van der Waals surface area contributed by atoms with Gasteiger partial charge in [0.2, 0.25) is 5.82 Å². The molecule has 8 heteroatoms. The molecule has 2 fully saturated rings. The van der Waals surface area contributed by atoms with E-state index >= 15 is 0 Å². The van der Waals surface area contributed by atoms with Crippen LogP contribution in [0.15, 0.2) is 24.4 Å². The van der Waals surface area contributed by atoms with E-state index in [2.05, 4.69) is 10.3 Å². The van der Waals surface area contributed by atoms with Crippen LogP contribution in [0.4, 0.5) is 0 Å². The maximum atomic E-state index is 12.9. The zero-order valence-electron chi connectivity index (χ0n) is 14.5. The van der Waals surface area contributed by atoms with E-state index in [0.29, 0.717) is 44.1 Å². The molecule has 8 nitrogen and oxygen atoms in total. The number of carbonyl (C=O) groups is 2. The van der Waals surface area contributed by atoms with Gasteiger partial charge in [-0.15, -0.1) is 0 Å². The predicted molar refractivity (Wildman–Crippen MR) is 93.2 cm³/mol. The highest BCUT2D eigenvalue weighted by Crippen LogP contribution is 2.17. The van der Waals surface area contributed by atoms with Gasteiger partial charge in [-0.05, 0) is 25.0 Å². The second kappa shape index (κ2) is 7.43. The molecular formula is C18H22N4O4. The Kier molecular flexibility index (Phi) is 4.85. The molecule has 26 heavy (non-hydrogen) atoms. The Labute approximate surface area is 151 Å². The van der Waals surface area contributed by atoms with E-state index in [1.165, 1.54) is 0 Å². The quantitative estimate of drug-likeness (QED) is 0.870. The minimum Gasteiger partial charge on any atom is -0.378 e. The molecule has 1 unspecified atom stereocenters. The zero-order valence-corrected chi connectivity index (χ0v) is 14.5. The number of pyridine rings is 1. The fourth-order valence-corrected chi connectivity index (χ4v) is 3.36. The van der Waals surface area contributed by atoms with Gasteiger partial charge in [0, 0.05) is 32.4 Å². The summed E-state index contributed by atoms with van der Waals surface area (Å²) in [5.74, 6) is -0.256. The number of nitrogens with one attached hydrogen (secondary N) is 1. The molecule has 1 atom stereocenters. The number of nitrogens with zero attached hydrogens (tertiary/aromatic N) is 3. The lowest BCUT2D eigenvalue weighted by molar-refractivity contribution is 0.0300. The van der Waals surface area contributed by atoms with Crippen molar-refractivity contribution in [3.63, 3.8) is 0 Å². The first-order chi connectivity index (χ1) is 12.7. The summed E-state index contributed by atoms with van der Waals surface area (Å²) in [4.78, 5) is 31.6. The lowest BCUT2D eigenvalue weighted by Gasteiger charge is -2.26. The van der Waals surface area contributed by atoms with Gasteiger partial charge in [-0.25, -0.2) is 4.98 Å². The molecule has 2 aromatic rings. The van der Waals surface area contributed by atoms with Crippen LogP contribution < -0.4 is 5.32 Å². The molecular weight excluding hydrogens is 336 g/mol. The van der Waals surface area contributed by atoms with Gasteiger partial charge in [-0.3, -0.25) is 14.0 Å². The Morgan fingerprint density at radius 2 is 2.08 bits per heavy atom. The maximum Gasteiger partial charge on any atom is 0.287 e. The van der Waals surface area contributed by atoms with Crippen molar-refractivity contribution < 1.29 is 19.1 Å². The fraction of sp³-hybridized carbons (Fsp3) is 0.500. The van der Waals surface area contributed by atoms with Crippen molar-refractivity contribution in [3.8, 4) is 0 Å². The molecule has 0 saturated carbocycles. The van der Waals surface area contributed by atoms with Gasteiger partial charge in [0.1, 0.15) is 0 Å². The van der Waals surface area contributed by atoms with Gasteiger partial charge in [-0.1, -0.05) is 6.07 Å². The van der Waals surface area contributed by atoms with Gasteiger partial charge >= 0.3 is 0 Å². The monoisotopic (exact) mass is 358 g/mol. The first-order valence-electron chi connectivity index (χ1n) is 8.98. The van der Waals surface area contributed by atoms with Crippen LogP contribution in [0, 0.1) is 0 Å². The number of rotatable bonds is 4. The molecule has 4 rings (SSSR count). The first kappa shape index (κ1) is 17.0. The second-order valence-electron chi connectivity index (χ2n) is 6.49. The number of ether oxygens (including phenoxy) is 2. The number of aromatic nitrogens is 2. The van der Waals surface area contributed by atoms with Crippen LogP contribution in [0.25, 0.3) is 5.52 Å². The summed E-state index contributed by atoms with van der Waals surface area (Å²) < 4.78 is 12.5. The summed E-state index contributed by atoms with van der Waals surface area (Å²) in [7, 11) is 0. The molecule has 4 heterocycles. The minimum atomic E-state index is -0.303. The number of fused-ring (bicyclic) bond motifs is 1. The second-order valence-corrected chi connectivity index (χ2v) is 6.49. The van der Waals surface area contributed by atoms with Crippen LogP contribution >= 0.6 is 0 Å². The van der Waals surface area contributed by atoms with Crippen molar-refractivity contribution >= 4 is 17.3 Å². The molecule has 2 aliphatic rings. The van der Waals surface area contributed by atoms with Crippen molar-refractivity contribution in [2.45, 2.75) is 18.9 Å². The Morgan fingerprint density at radius 1 is 1.23 bits per heavy atom. The summed E-state index contributed by atoms with van der Waals surface area (Å²) in [5.41, 5.74) is 0.932. The number of imidazole rings is 1. The van der Waals surface area contributed by atoms with Crippen LogP contribution in [0.1, 0.15) is 33.9 Å². The van der Waals surface area contributed by atoms with E-state index < -0.39 is 0 Å². The molecule has 0 aliphatic carbocycles. The molecule has 1 N–H and O–H groups in total. The van der Waals surface area contributed by atoms with E-state index in [0.717, 1.165) is 19.4 Å². The van der Waals surface area contributed by atoms with Gasteiger partial charge < -0.3 is 19.7 Å². The van der Waals surface area contributed by atoms with Crippen molar-refractivity contribution in [2.75, 3.05) is 39.5 Å². The van der Waals surface area contributed by atoms with Gasteiger partial charge in [-0.2, -0.15) is 0 Å². The number of carbonyl (C=O) groups excluding carboxylic acids is 2. The third-order valence-electron chi connectivity index (χ3n) is 4.77. The van der Waals surface area contributed by atoms with E-state index in [9.17, 15) is 9.59 Å². The Bertz CT molecular complexity index is 807. The fourth-order valence-electron chi connectivity index (χ4n) is 3.36. The zero-order chi connectivity index (χ0) is 17.9. The average molecular weight is 358 g/mol. The van der Waals surface area contributed by atoms with Crippen LogP contribution in [0.2, 0.25) is 0 Å². The van der Waals surface area contributed by atoms with E-state index in [1.54, 1.807) is 21.6 Å². The summed E-state index contributed by atoms with van der Waals surface area (Å²) in [5, 5.41) is 2.87. The Morgan fingerprint density at radius 3 is 2.85 bits per heavy atom. The van der Waals surface area contributed by atoms with Crippen LogP contribution in [0.5, 0.6) is 0 Å². The smallest absolute Gasteiger partial charge is 0.287 e. The van der Waals surface area contributed by atoms with E-state index in [-0.39, 0.29) is 23.7 Å². The molecule has 2 amide bonds.